The second-order valence-electron chi connectivity index (χ2n) is 4.50. The third kappa shape index (κ3) is 2.20. The molecule has 6 nitrogen and oxygen atoms in total. The molecular formula is C13H13N5OS. The quantitative estimate of drug-likeness (QED) is 0.721. The smallest absolute Gasteiger partial charge is 0.278 e. The van der Waals surface area contributed by atoms with Crippen LogP contribution in [-0.4, -0.2) is 25.1 Å². The molecule has 20 heavy (non-hydrogen) atoms. The van der Waals surface area contributed by atoms with Gasteiger partial charge in [-0.15, -0.1) is 11.3 Å². The Labute approximate surface area is 119 Å². The van der Waals surface area contributed by atoms with Crippen LogP contribution in [0.1, 0.15) is 22.1 Å². The van der Waals surface area contributed by atoms with Gasteiger partial charge < -0.3 is 4.52 Å². The first-order valence-electron chi connectivity index (χ1n) is 6.13. The Morgan fingerprint density at radius 2 is 1.65 bits per heavy atom. The van der Waals surface area contributed by atoms with Crippen molar-refractivity contribution in [2.45, 2.75) is 27.7 Å². The monoisotopic (exact) mass is 287 g/mol. The van der Waals surface area contributed by atoms with E-state index < -0.39 is 0 Å². The number of nitrogens with zero attached hydrogens (tertiary/aromatic N) is 5. The van der Waals surface area contributed by atoms with Crippen molar-refractivity contribution in [2.75, 3.05) is 0 Å². The topological polar surface area (TPSA) is 77.6 Å². The van der Waals surface area contributed by atoms with Crippen LogP contribution in [-0.2, 0) is 0 Å². The average molecular weight is 287 g/mol. The van der Waals surface area contributed by atoms with Gasteiger partial charge in [-0.25, -0.2) is 9.97 Å². The first kappa shape index (κ1) is 12.9. The van der Waals surface area contributed by atoms with E-state index in [-0.39, 0.29) is 0 Å². The van der Waals surface area contributed by atoms with Gasteiger partial charge in [0.05, 0.1) is 22.1 Å². The largest absolute Gasteiger partial charge is 0.332 e. The number of aromatic nitrogens is 5. The van der Waals surface area contributed by atoms with Crippen LogP contribution >= 0.6 is 11.3 Å². The Balaban J connectivity index is 2.04. The van der Waals surface area contributed by atoms with E-state index in [0.717, 1.165) is 27.8 Å². The Bertz CT molecular complexity index is 777. The molecule has 3 aromatic rings. The van der Waals surface area contributed by atoms with Gasteiger partial charge in [-0.1, -0.05) is 5.16 Å². The Hall–Kier alpha value is -2.15. The predicted octanol–water partition coefficient (Wildman–Crippen LogP) is 2.88. The van der Waals surface area contributed by atoms with Gasteiger partial charge in [0.1, 0.15) is 11.4 Å². The minimum absolute atomic E-state index is 0.374. The van der Waals surface area contributed by atoms with E-state index in [1.807, 2.05) is 33.1 Å². The van der Waals surface area contributed by atoms with Crippen molar-refractivity contribution < 1.29 is 4.52 Å². The molecule has 0 radical (unpaired) electrons. The summed E-state index contributed by atoms with van der Waals surface area (Å²) >= 11 is 1.55. The molecule has 0 aliphatic carbocycles. The fraction of sp³-hybridized carbons (Fsp3) is 0.308. The molecule has 0 N–H and O–H groups in total. The minimum Gasteiger partial charge on any atom is -0.332 e. The summed E-state index contributed by atoms with van der Waals surface area (Å²) in [5.41, 5.74) is 3.88. The maximum Gasteiger partial charge on any atom is 0.278 e. The zero-order valence-electron chi connectivity index (χ0n) is 11.6. The fourth-order valence-corrected chi connectivity index (χ4v) is 2.40. The average Bonchev–Trinajstić information content (AvgIpc) is 3.02. The fourth-order valence-electron chi connectivity index (χ4n) is 1.81. The Kier molecular flexibility index (Phi) is 3.06. The second-order valence-corrected chi connectivity index (χ2v) is 5.57. The summed E-state index contributed by atoms with van der Waals surface area (Å²) in [5.74, 6) is 0.850. The molecule has 3 heterocycles. The highest BCUT2D eigenvalue weighted by Gasteiger charge is 2.17. The summed E-state index contributed by atoms with van der Waals surface area (Å²) in [6, 6.07) is 0. The SMILES string of the molecule is Cc1nc(-c2noc(-c3nc(C)c(C)nc3C)n2)cs1. The molecular weight excluding hydrogens is 274 g/mol. The number of aryl methyl sites for hydroxylation is 4. The summed E-state index contributed by atoms with van der Waals surface area (Å²) < 4.78 is 5.29. The third-order valence-electron chi connectivity index (χ3n) is 2.96. The molecule has 0 saturated heterocycles. The van der Waals surface area contributed by atoms with Crippen LogP contribution in [0.25, 0.3) is 23.1 Å². The van der Waals surface area contributed by atoms with E-state index in [1.165, 1.54) is 0 Å². The van der Waals surface area contributed by atoms with Gasteiger partial charge in [0.25, 0.3) is 5.89 Å². The van der Waals surface area contributed by atoms with Gasteiger partial charge in [0.15, 0.2) is 0 Å². The number of hydrogen-bond acceptors (Lipinski definition) is 7. The lowest BCUT2D eigenvalue weighted by atomic mass is 10.2. The molecule has 0 spiro atoms. The van der Waals surface area contributed by atoms with Crippen LogP contribution in [0.15, 0.2) is 9.90 Å². The Morgan fingerprint density at radius 1 is 0.900 bits per heavy atom. The van der Waals surface area contributed by atoms with E-state index in [1.54, 1.807) is 11.3 Å². The highest BCUT2D eigenvalue weighted by molar-refractivity contribution is 7.09. The van der Waals surface area contributed by atoms with E-state index in [9.17, 15) is 0 Å². The lowest BCUT2D eigenvalue weighted by molar-refractivity contribution is 0.430. The van der Waals surface area contributed by atoms with Crippen molar-refractivity contribution in [3.63, 3.8) is 0 Å². The molecule has 102 valence electrons. The van der Waals surface area contributed by atoms with Crippen molar-refractivity contribution in [3.05, 3.63) is 27.5 Å². The molecule has 0 aliphatic rings. The lowest BCUT2D eigenvalue weighted by Crippen LogP contribution is -1.99. The van der Waals surface area contributed by atoms with E-state index in [0.29, 0.717) is 17.4 Å². The zero-order chi connectivity index (χ0) is 14.3. The molecule has 3 aromatic heterocycles. The molecule has 0 atom stereocenters. The molecule has 0 aliphatic heterocycles. The van der Waals surface area contributed by atoms with E-state index >= 15 is 0 Å². The normalized spacial score (nSPS) is 11.0. The van der Waals surface area contributed by atoms with Crippen LogP contribution in [0.3, 0.4) is 0 Å². The lowest BCUT2D eigenvalue weighted by Gasteiger charge is -2.03. The zero-order valence-corrected chi connectivity index (χ0v) is 12.4. The molecule has 3 rings (SSSR count). The van der Waals surface area contributed by atoms with Crippen molar-refractivity contribution in [3.8, 4) is 23.1 Å². The van der Waals surface area contributed by atoms with Crippen LogP contribution < -0.4 is 0 Å². The number of hydrogen-bond donors (Lipinski definition) is 0. The van der Waals surface area contributed by atoms with Crippen LogP contribution in [0, 0.1) is 27.7 Å². The first-order chi connectivity index (χ1) is 9.54. The maximum atomic E-state index is 5.29. The highest BCUT2D eigenvalue weighted by atomic mass is 32.1. The van der Waals surface area contributed by atoms with Crippen molar-refractivity contribution in [2.24, 2.45) is 0 Å². The Morgan fingerprint density at radius 3 is 2.35 bits per heavy atom. The van der Waals surface area contributed by atoms with E-state index in [4.69, 9.17) is 4.52 Å². The van der Waals surface area contributed by atoms with Crippen LogP contribution in [0.2, 0.25) is 0 Å². The standard InChI is InChI=1S/C13H13N5OS/c1-6-7(2)15-11(8(3)14-6)13-17-12(18-19-13)10-5-20-9(4)16-10/h5H,1-4H3. The molecule has 0 bridgehead atoms. The molecule has 7 heteroatoms. The summed E-state index contributed by atoms with van der Waals surface area (Å²) in [6.07, 6.45) is 0. The summed E-state index contributed by atoms with van der Waals surface area (Å²) in [7, 11) is 0. The molecule has 0 saturated carbocycles. The van der Waals surface area contributed by atoms with E-state index in [2.05, 4.69) is 25.1 Å². The second kappa shape index (κ2) is 4.75. The van der Waals surface area contributed by atoms with Crippen LogP contribution in [0.5, 0.6) is 0 Å². The van der Waals surface area contributed by atoms with Crippen LogP contribution in [0.4, 0.5) is 0 Å². The molecule has 0 aromatic carbocycles. The van der Waals surface area contributed by atoms with Gasteiger partial charge >= 0.3 is 0 Å². The molecule has 0 fully saturated rings. The van der Waals surface area contributed by atoms with Gasteiger partial charge in [-0.05, 0) is 27.7 Å². The maximum absolute atomic E-state index is 5.29. The summed E-state index contributed by atoms with van der Waals surface area (Å²) in [4.78, 5) is 17.6. The number of thiazole rings is 1. The van der Waals surface area contributed by atoms with Crippen molar-refractivity contribution in [1.82, 2.24) is 25.1 Å². The number of rotatable bonds is 2. The summed E-state index contributed by atoms with van der Waals surface area (Å²) in [5, 5.41) is 6.83. The van der Waals surface area contributed by atoms with Gasteiger partial charge in [0.2, 0.25) is 5.82 Å². The van der Waals surface area contributed by atoms with Crippen molar-refractivity contribution >= 4 is 11.3 Å². The minimum atomic E-state index is 0.374. The van der Waals surface area contributed by atoms with Crippen molar-refractivity contribution in [1.29, 1.82) is 0 Å². The molecule has 0 unspecified atom stereocenters. The summed E-state index contributed by atoms with van der Waals surface area (Å²) in [6.45, 7) is 7.66. The van der Waals surface area contributed by atoms with Gasteiger partial charge in [-0.3, -0.25) is 4.98 Å². The first-order valence-corrected chi connectivity index (χ1v) is 7.01. The molecule has 0 amide bonds. The third-order valence-corrected chi connectivity index (χ3v) is 3.73. The van der Waals surface area contributed by atoms with Gasteiger partial charge in [0, 0.05) is 5.38 Å². The highest BCUT2D eigenvalue weighted by Crippen LogP contribution is 2.24. The van der Waals surface area contributed by atoms with Gasteiger partial charge in [-0.2, -0.15) is 4.98 Å². The predicted molar refractivity (Wildman–Crippen MR) is 75.4 cm³/mol.